The number of rotatable bonds is 3. The van der Waals surface area contributed by atoms with Crippen molar-refractivity contribution in [3.63, 3.8) is 0 Å². The van der Waals surface area contributed by atoms with Gasteiger partial charge in [0.15, 0.2) is 0 Å². The summed E-state index contributed by atoms with van der Waals surface area (Å²) in [6, 6.07) is 8.97. The number of para-hydroxylation sites is 1. The molecule has 2 saturated heterocycles. The first-order valence-corrected chi connectivity index (χ1v) is 11.1. The Labute approximate surface area is 158 Å². The van der Waals surface area contributed by atoms with Crippen LogP contribution >= 0.6 is 7.60 Å². The summed E-state index contributed by atoms with van der Waals surface area (Å²) in [4.78, 5) is 27.6. The zero-order valence-electron chi connectivity index (χ0n) is 15.9. The molecule has 5 rings (SSSR count). The van der Waals surface area contributed by atoms with E-state index in [1.807, 2.05) is 33.8 Å². The monoisotopic (exact) mass is 389 g/mol. The summed E-state index contributed by atoms with van der Waals surface area (Å²) in [7, 11) is -3.46. The van der Waals surface area contributed by atoms with Crippen molar-refractivity contribution in [1.29, 1.82) is 0 Å². The highest BCUT2D eigenvalue weighted by atomic mass is 31.2. The number of benzene rings is 1. The van der Waals surface area contributed by atoms with E-state index >= 15 is 0 Å². The highest BCUT2D eigenvalue weighted by Crippen LogP contribution is 2.86. The minimum absolute atomic E-state index is 0.0240. The quantitative estimate of drug-likeness (QED) is 0.585. The Morgan fingerprint density at radius 3 is 2.37 bits per heavy atom. The summed E-state index contributed by atoms with van der Waals surface area (Å²) in [6.45, 7) is 8.20. The van der Waals surface area contributed by atoms with Crippen LogP contribution in [0.15, 0.2) is 30.3 Å². The molecule has 2 unspecified atom stereocenters. The number of carbonyl (C=O) groups excluding carboxylic acids is 2. The molecule has 0 bridgehead atoms. The van der Waals surface area contributed by atoms with Crippen LogP contribution in [0.5, 0.6) is 0 Å². The Bertz CT molecular complexity index is 893. The summed E-state index contributed by atoms with van der Waals surface area (Å²) in [6.07, 6.45) is 0. The third-order valence-electron chi connectivity index (χ3n) is 6.50. The molecule has 4 aliphatic rings. The number of hydrogen-bond donors (Lipinski definition) is 0. The molecule has 144 valence electrons. The highest BCUT2D eigenvalue weighted by Gasteiger charge is 2.89. The van der Waals surface area contributed by atoms with E-state index in [1.165, 1.54) is 4.90 Å². The van der Waals surface area contributed by atoms with Crippen LogP contribution in [0.25, 0.3) is 0 Å². The van der Waals surface area contributed by atoms with Crippen LogP contribution in [0.3, 0.4) is 0 Å². The number of hydrogen-bond acceptors (Lipinski definition) is 5. The van der Waals surface area contributed by atoms with Gasteiger partial charge in [-0.2, -0.15) is 0 Å². The zero-order chi connectivity index (χ0) is 19.4. The molecule has 1 aromatic rings. The van der Waals surface area contributed by atoms with Gasteiger partial charge in [0.2, 0.25) is 11.8 Å². The van der Waals surface area contributed by atoms with Gasteiger partial charge < -0.3 is 9.05 Å². The van der Waals surface area contributed by atoms with E-state index in [2.05, 4.69) is 0 Å². The van der Waals surface area contributed by atoms with Crippen LogP contribution < -0.4 is 4.90 Å². The van der Waals surface area contributed by atoms with Crippen molar-refractivity contribution in [2.45, 2.75) is 39.0 Å². The SMILES string of the molecule is CC(C)(C)CO[P@]1(=O)OC2(C)C3[C@H]4C(=O)N(c5ccccc5)C(=O)[C@H]4[C@H]1[C@@H]32. The fourth-order valence-electron chi connectivity index (χ4n) is 5.44. The van der Waals surface area contributed by atoms with E-state index in [0.29, 0.717) is 5.69 Å². The number of fused-ring (bicyclic) bond motifs is 4. The summed E-state index contributed by atoms with van der Waals surface area (Å²) in [5.74, 6) is -1.57. The molecule has 0 radical (unpaired) electrons. The van der Waals surface area contributed by atoms with Gasteiger partial charge in [0.25, 0.3) is 0 Å². The second-order valence-electron chi connectivity index (χ2n) is 9.59. The average Bonchev–Trinajstić information content (AvgIpc) is 2.87. The Balaban J connectivity index is 1.51. The second kappa shape index (κ2) is 5.11. The van der Waals surface area contributed by atoms with Gasteiger partial charge in [0, 0.05) is 11.8 Å². The van der Waals surface area contributed by atoms with Crippen LogP contribution in [0.1, 0.15) is 27.7 Å². The lowest BCUT2D eigenvalue weighted by atomic mass is 9.90. The lowest BCUT2D eigenvalue weighted by Crippen LogP contribution is -2.34. The second-order valence-corrected chi connectivity index (χ2v) is 11.7. The molecule has 6 nitrogen and oxygen atoms in total. The molecule has 1 aromatic carbocycles. The zero-order valence-corrected chi connectivity index (χ0v) is 16.8. The molecule has 2 heterocycles. The van der Waals surface area contributed by atoms with Gasteiger partial charge in [-0.3, -0.25) is 19.1 Å². The Hall–Kier alpha value is -1.49. The smallest absolute Gasteiger partial charge is 0.308 e. The Morgan fingerprint density at radius 1 is 1.11 bits per heavy atom. The minimum Gasteiger partial charge on any atom is -0.308 e. The van der Waals surface area contributed by atoms with E-state index in [-0.39, 0.29) is 35.7 Å². The van der Waals surface area contributed by atoms with Crippen LogP contribution in [0.4, 0.5) is 5.69 Å². The van der Waals surface area contributed by atoms with Crippen molar-refractivity contribution in [2.24, 2.45) is 29.1 Å². The molecule has 7 heteroatoms. The fourth-order valence-corrected chi connectivity index (χ4v) is 8.72. The first-order chi connectivity index (χ1) is 12.6. The summed E-state index contributed by atoms with van der Waals surface area (Å²) in [5.41, 5.74) is -0.712. The molecular formula is C20H24NO5P. The molecule has 0 aromatic heterocycles. The van der Waals surface area contributed by atoms with Crippen LogP contribution in [0, 0.1) is 29.1 Å². The Morgan fingerprint density at radius 2 is 1.74 bits per heavy atom. The van der Waals surface area contributed by atoms with Crippen molar-refractivity contribution in [3.05, 3.63) is 30.3 Å². The maximum Gasteiger partial charge on any atom is 0.335 e. The number of anilines is 1. The van der Waals surface area contributed by atoms with Gasteiger partial charge in [-0.25, -0.2) is 0 Å². The predicted molar refractivity (Wildman–Crippen MR) is 99.2 cm³/mol. The third kappa shape index (κ3) is 2.18. The van der Waals surface area contributed by atoms with Crippen molar-refractivity contribution < 1.29 is 23.2 Å². The van der Waals surface area contributed by atoms with Crippen molar-refractivity contribution >= 4 is 25.1 Å². The van der Waals surface area contributed by atoms with Crippen molar-refractivity contribution in [1.82, 2.24) is 0 Å². The Kier molecular flexibility index (Phi) is 3.33. The third-order valence-corrected chi connectivity index (χ3v) is 9.01. The molecule has 2 aliphatic carbocycles. The lowest BCUT2D eigenvalue weighted by Gasteiger charge is -2.27. The van der Waals surface area contributed by atoms with Gasteiger partial charge in [-0.05, 0) is 24.5 Å². The normalized spacial score (nSPS) is 44.6. The fraction of sp³-hybridized carbons (Fsp3) is 0.600. The first kappa shape index (κ1) is 17.6. The molecule has 27 heavy (non-hydrogen) atoms. The predicted octanol–water partition coefficient (Wildman–Crippen LogP) is 3.47. The first-order valence-electron chi connectivity index (χ1n) is 9.46. The van der Waals surface area contributed by atoms with Crippen molar-refractivity contribution in [3.8, 4) is 0 Å². The highest BCUT2D eigenvalue weighted by molar-refractivity contribution is 7.55. The number of carbonyl (C=O) groups is 2. The molecule has 2 amide bonds. The van der Waals surface area contributed by atoms with Gasteiger partial charge >= 0.3 is 7.60 Å². The van der Waals surface area contributed by atoms with Crippen LogP contribution in [-0.4, -0.2) is 29.7 Å². The van der Waals surface area contributed by atoms with E-state index in [0.717, 1.165) is 0 Å². The van der Waals surface area contributed by atoms with Crippen LogP contribution in [-0.2, 0) is 23.2 Å². The standard InChI is InChI=1S/C20H24NO5P/c1-19(2,3)10-25-27(24)16-13-12(14-15(16)20(14,4)26-27)17(22)21(18(13)23)11-8-6-5-7-9-11/h5-9,12-16H,10H2,1-4H3/t12-,13+,14?,15+,16-,20?,27-/m0/s1. The van der Waals surface area contributed by atoms with E-state index in [4.69, 9.17) is 9.05 Å². The maximum absolute atomic E-state index is 13.6. The number of nitrogens with zero attached hydrogens (tertiary/aromatic N) is 1. The van der Waals surface area contributed by atoms with Gasteiger partial charge in [0.1, 0.15) is 0 Å². The van der Waals surface area contributed by atoms with Gasteiger partial charge in [0.05, 0.1) is 35.4 Å². The molecule has 2 saturated carbocycles. The van der Waals surface area contributed by atoms with Crippen molar-refractivity contribution in [2.75, 3.05) is 11.5 Å². The van der Waals surface area contributed by atoms with E-state index in [1.54, 1.807) is 24.3 Å². The molecule has 4 fully saturated rings. The molecule has 2 aliphatic heterocycles. The van der Waals surface area contributed by atoms with Gasteiger partial charge in [-0.15, -0.1) is 0 Å². The van der Waals surface area contributed by atoms with E-state index < -0.39 is 30.7 Å². The topological polar surface area (TPSA) is 72.9 Å². The number of amides is 2. The van der Waals surface area contributed by atoms with Crippen LogP contribution in [0.2, 0.25) is 0 Å². The molecule has 7 atom stereocenters. The average molecular weight is 389 g/mol. The van der Waals surface area contributed by atoms with E-state index in [9.17, 15) is 14.2 Å². The molecule has 0 N–H and O–H groups in total. The number of imide groups is 1. The lowest BCUT2D eigenvalue weighted by molar-refractivity contribution is -0.123. The maximum atomic E-state index is 13.6. The largest absolute Gasteiger partial charge is 0.335 e. The van der Waals surface area contributed by atoms with Gasteiger partial charge in [-0.1, -0.05) is 39.0 Å². The molecule has 0 spiro atoms. The molecular weight excluding hydrogens is 365 g/mol. The summed E-state index contributed by atoms with van der Waals surface area (Å²) >= 11 is 0. The minimum atomic E-state index is -3.46. The summed E-state index contributed by atoms with van der Waals surface area (Å²) < 4.78 is 25.4. The summed E-state index contributed by atoms with van der Waals surface area (Å²) in [5, 5.41) is 0.